The second-order valence-electron chi connectivity index (χ2n) is 5.68. The lowest BCUT2D eigenvalue weighted by molar-refractivity contribution is -0.141. The Balaban J connectivity index is 1.98. The molecule has 25 heavy (non-hydrogen) atoms. The van der Waals surface area contributed by atoms with E-state index in [1.807, 2.05) is 32.0 Å². The molecule has 2 heterocycles. The second kappa shape index (κ2) is 6.09. The number of halogens is 3. The maximum Gasteiger partial charge on any atom is 0.437 e. The zero-order chi connectivity index (χ0) is 18.2. The zero-order valence-corrected chi connectivity index (χ0v) is 13.5. The Hall–Kier alpha value is -3.08. The zero-order valence-electron chi connectivity index (χ0n) is 13.5. The topological polar surface area (TPSA) is 70.3 Å². The Morgan fingerprint density at radius 1 is 1.16 bits per heavy atom. The van der Waals surface area contributed by atoms with Gasteiger partial charge in [0.1, 0.15) is 5.69 Å². The van der Waals surface area contributed by atoms with Gasteiger partial charge in [-0.3, -0.25) is 0 Å². The molecule has 0 saturated carbocycles. The van der Waals surface area contributed by atoms with Gasteiger partial charge >= 0.3 is 6.18 Å². The lowest BCUT2D eigenvalue weighted by Gasteiger charge is -2.10. The quantitative estimate of drug-likeness (QED) is 0.784. The van der Waals surface area contributed by atoms with Gasteiger partial charge in [-0.15, -0.1) is 0 Å². The van der Waals surface area contributed by atoms with E-state index in [2.05, 4.69) is 21.5 Å². The van der Waals surface area contributed by atoms with Crippen LogP contribution in [0.25, 0.3) is 11.1 Å². The molecule has 0 spiro atoms. The van der Waals surface area contributed by atoms with Crippen LogP contribution in [-0.2, 0) is 12.7 Å². The third-order valence-corrected chi connectivity index (χ3v) is 4.10. The molecule has 8 heteroatoms. The number of nitriles is 1. The van der Waals surface area contributed by atoms with Gasteiger partial charge in [0, 0.05) is 17.0 Å². The Bertz CT molecular complexity index is 942. The third-order valence-electron chi connectivity index (χ3n) is 4.10. The van der Waals surface area contributed by atoms with Crippen molar-refractivity contribution in [1.29, 1.82) is 5.26 Å². The van der Waals surface area contributed by atoms with Crippen LogP contribution in [0.3, 0.4) is 0 Å². The first kappa shape index (κ1) is 16.8. The normalized spacial score (nSPS) is 11.5. The lowest BCUT2D eigenvalue weighted by Crippen LogP contribution is -2.13. The number of nitrogens with zero attached hydrogens (tertiary/aromatic N) is 4. The van der Waals surface area contributed by atoms with Crippen LogP contribution in [0.2, 0.25) is 0 Å². The van der Waals surface area contributed by atoms with Crippen molar-refractivity contribution in [3.63, 3.8) is 0 Å². The Morgan fingerprint density at radius 3 is 2.44 bits per heavy atom. The molecule has 3 aromatic rings. The number of aromatic nitrogens is 4. The number of hydrogen-bond acceptors (Lipinski definition) is 3. The van der Waals surface area contributed by atoms with Crippen molar-refractivity contribution in [2.45, 2.75) is 26.6 Å². The number of H-pyrrole nitrogens is 1. The molecule has 0 aliphatic carbocycles. The van der Waals surface area contributed by atoms with E-state index in [1.54, 1.807) is 16.7 Å². The minimum atomic E-state index is -4.55. The molecule has 5 nitrogen and oxygen atoms in total. The predicted molar refractivity (Wildman–Crippen MR) is 84.5 cm³/mol. The van der Waals surface area contributed by atoms with Gasteiger partial charge in [-0.1, -0.05) is 12.1 Å². The Morgan fingerprint density at radius 2 is 1.84 bits per heavy atom. The highest BCUT2D eigenvalue weighted by molar-refractivity contribution is 5.68. The number of nitrogens with one attached hydrogen (secondary N) is 1. The molecule has 0 atom stereocenters. The number of aryl methyl sites for hydroxylation is 1. The van der Waals surface area contributed by atoms with Gasteiger partial charge in [-0.2, -0.15) is 33.8 Å². The van der Waals surface area contributed by atoms with Gasteiger partial charge in [0.2, 0.25) is 0 Å². The van der Waals surface area contributed by atoms with E-state index in [4.69, 9.17) is 5.26 Å². The standard InChI is InChI=1S/C17H14F3N5/c1-10-7-14(13-5-3-12(8-21)4-6-13)11(2)25(10)9-15-16(17(18,19)20)23-24-22-15/h3-7H,9H2,1-2H3,(H,22,23,24). The highest BCUT2D eigenvalue weighted by Crippen LogP contribution is 2.31. The molecule has 1 aromatic carbocycles. The molecule has 0 fully saturated rings. The van der Waals surface area contributed by atoms with Crippen LogP contribution in [-0.4, -0.2) is 20.0 Å². The molecule has 0 unspecified atom stereocenters. The number of benzene rings is 1. The summed E-state index contributed by atoms with van der Waals surface area (Å²) in [7, 11) is 0. The van der Waals surface area contributed by atoms with Crippen LogP contribution >= 0.6 is 0 Å². The Kier molecular flexibility index (Phi) is 4.08. The molecular weight excluding hydrogens is 331 g/mol. The average Bonchev–Trinajstić information content (AvgIpc) is 3.15. The van der Waals surface area contributed by atoms with Crippen molar-refractivity contribution < 1.29 is 13.2 Å². The number of rotatable bonds is 3. The lowest BCUT2D eigenvalue weighted by atomic mass is 10.0. The first-order valence-electron chi connectivity index (χ1n) is 7.45. The summed E-state index contributed by atoms with van der Waals surface area (Å²) in [4.78, 5) is 0. The van der Waals surface area contributed by atoms with Gasteiger partial charge < -0.3 is 4.57 Å². The molecule has 0 radical (unpaired) electrons. The minimum Gasteiger partial charge on any atom is -0.342 e. The maximum atomic E-state index is 13.0. The van der Waals surface area contributed by atoms with E-state index < -0.39 is 11.9 Å². The molecular formula is C17H14F3N5. The van der Waals surface area contributed by atoms with Crippen molar-refractivity contribution in [3.05, 3.63) is 58.7 Å². The fraction of sp³-hybridized carbons (Fsp3) is 0.235. The van der Waals surface area contributed by atoms with Gasteiger partial charge in [0.15, 0.2) is 5.69 Å². The number of hydrogen-bond donors (Lipinski definition) is 1. The van der Waals surface area contributed by atoms with Gasteiger partial charge in [-0.05, 0) is 37.6 Å². The summed E-state index contributed by atoms with van der Waals surface area (Å²) >= 11 is 0. The van der Waals surface area contributed by atoms with E-state index in [9.17, 15) is 13.2 Å². The summed E-state index contributed by atoms with van der Waals surface area (Å²) in [6, 6.07) is 11.0. The van der Waals surface area contributed by atoms with E-state index in [-0.39, 0.29) is 12.2 Å². The summed E-state index contributed by atoms with van der Waals surface area (Å²) in [6.45, 7) is 3.64. The fourth-order valence-electron chi connectivity index (χ4n) is 2.80. The minimum absolute atomic E-state index is 0.0285. The predicted octanol–water partition coefficient (Wildman–Crippen LogP) is 3.83. The van der Waals surface area contributed by atoms with Gasteiger partial charge in [-0.25, -0.2) is 0 Å². The monoisotopic (exact) mass is 345 g/mol. The Labute approximate surface area is 141 Å². The molecule has 0 saturated heterocycles. The molecule has 0 bridgehead atoms. The first-order chi connectivity index (χ1) is 11.8. The highest BCUT2D eigenvalue weighted by atomic mass is 19.4. The molecule has 128 valence electrons. The first-order valence-corrected chi connectivity index (χ1v) is 7.45. The van der Waals surface area contributed by atoms with E-state index in [1.165, 1.54) is 0 Å². The van der Waals surface area contributed by atoms with Gasteiger partial charge in [0.25, 0.3) is 0 Å². The summed E-state index contributed by atoms with van der Waals surface area (Å²) in [5, 5.41) is 17.8. The van der Waals surface area contributed by atoms with Crippen LogP contribution in [0.4, 0.5) is 13.2 Å². The van der Waals surface area contributed by atoms with E-state index in [0.29, 0.717) is 5.56 Å². The van der Waals surface area contributed by atoms with Crippen molar-refractivity contribution in [3.8, 4) is 17.2 Å². The second-order valence-corrected chi connectivity index (χ2v) is 5.68. The fourth-order valence-corrected chi connectivity index (χ4v) is 2.80. The van der Waals surface area contributed by atoms with Crippen molar-refractivity contribution in [2.24, 2.45) is 0 Å². The molecule has 2 aromatic heterocycles. The van der Waals surface area contributed by atoms with Crippen LogP contribution in [0, 0.1) is 25.2 Å². The summed E-state index contributed by atoms with van der Waals surface area (Å²) in [5.41, 5.74) is 2.83. The molecule has 3 rings (SSSR count). The molecule has 0 aliphatic rings. The van der Waals surface area contributed by atoms with E-state index >= 15 is 0 Å². The third kappa shape index (κ3) is 3.13. The van der Waals surface area contributed by atoms with Crippen LogP contribution in [0.5, 0.6) is 0 Å². The number of alkyl halides is 3. The summed E-state index contributed by atoms with van der Waals surface area (Å²) in [6.07, 6.45) is -4.55. The van der Waals surface area contributed by atoms with Crippen molar-refractivity contribution in [1.82, 2.24) is 20.0 Å². The largest absolute Gasteiger partial charge is 0.437 e. The number of aromatic amines is 1. The molecule has 0 aliphatic heterocycles. The van der Waals surface area contributed by atoms with Crippen molar-refractivity contribution in [2.75, 3.05) is 0 Å². The molecule has 1 N–H and O–H groups in total. The smallest absolute Gasteiger partial charge is 0.342 e. The summed E-state index contributed by atoms with van der Waals surface area (Å²) in [5.74, 6) is 0. The van der Waals surface area contributed by atoms with Crippen LogP contribution in [0.1, 0.15) is 28.3 Å². The maximum absolute atomic E-state index is 13.0. The molecule has 0 amide bonds. The van der Waals surface area contributed by atoms with Crippen molar-refractivity contribution >= 4 is 0 Å². The van der Waals surface area contributed by atoms with Gasteiger partial charge in [0.05, 0.1) is 18.2 Å². The summed E-state index contributed by atoms with van der Waals surface area (Å²) < 4.78 is 40.7. The van der Waals surface area contributed by atoms with E-state index in [0.717, 1.165) is 22.5 Å². The average molecular weight is 345 g/mol. The SMILES string of the molecule is Cc1cc(-c2ccc(C#N)cc2)c(C)n1Cc1n[nH]nc1C(F)(F)F. The van der Waals surface area contributed by atoms with Crippen LogP contribution in [0.15, 0.2) is 30.3 Å². The highest BCUT2D eigenvalue weighted by Gasteiger charge is 2.37. The van der Waals surface area contributed by atoms with Crippen LogP contribution < -0.4 is 0 Å².